The summed E-state index contributed by atoms with van der Waals surface area (Å²) in [7, 11) is -3.26. The van der Waals surface area contributed by atoms with Crippen LogP contribution in [0.2, 0.25) is 0 Å². The monoisotopic (exact) mass is 367 g/mol. The van der Waals surface area contributed by atoms with Gasteiger partial charge in [-0.2, -0.15) is 4.31 Å². The maximum Gasteiger partial charge on any atom is 0.236 e. The molecule has 3 heterocycles. The Morgan fingerprint density at radius 2 is 2.09 bits per heavy atom. The fraction of sp³-hybridized carbons (Fsp3) is 0.929. The minimum atomic E-state index is -3.26. The number of carbonyl (C=O) groups is 1. The molecule has 0 radical (unpaired) electrons. The minimum absolute atomic E-state index is 0. The Morgan fingerprint density at radius 1 is 1.26 bits per heavy atom. The van der Waals surface area contributed by atoms with Crippen molar-refractivity contribution in [2.75, 3.05) is 51.7 Å². The lowest BCUT2D eigenvalue weighted by Gasteiger charge is -2.40. The van der Waals surface area contributed by atoms with E-state index in [1.807, 2.05) is 4.90 Å². The van der Waals surface area contributed by atoms with E-state index >= 15 is 0 Å². The molecule has 0 aliphatic carbocycles. The van der Waals surface area contributed by atoms with E-state index in [1.165, 1.54) is 0 Å². The highest BCUT2D eigenvalue weighted by molar-refractivity contribution is 7.89. The molecule has 3 rings (SSSR count). The molecule has 0 aromatic rings. The van der Waals surface area contributed by atoms with Crippen LogP contribution in [0.25, 0.3) is 0 Å². The lowest BCUT2D eigenvalue weighted by Crippen LogP contribution is -2.57. The predicted octanol–water partition coefficient (Wildman–Crippen LogP) is -0.329. The number of rotatable bonds is 4. The Morgan fingerprint density at radius 3 is 2.78 bits per heavy atom. The molecular formula is C14H26ClN3O4S. The van der Waals surface area contributed by atoms with E-state index in [9.17, 15) is 13.2 Å². The molecule has 0 spiro atoms. The summed E-state index contributed by atoms with van der Waals surface area (Å²) in [4.78, 5) is 13.9. The molecule has 3 saturated heterocycles. The number of nitrogens with one attached hydrogen (secondary N) is 1. The molecule has 7 nitrogen and oxygen atoms in total. The highest BCUT2D eigenvalue weighted by atomic mass is 35.5. The van der Waals surface area contributed by atoms with Gasteiger partial charge in [-0.05, 0) is 25.2 Å². The predicted molar refractivity (Wildman–Crippen MR) is 89.1 cm³/mol. The maximum atomic E-state index is 12.6. The second-order valence-electron chi connectivity index (χ2n) is 6.43. The van der Waals surface area contributed by atoms with Gasteiger partial charge in [-0.1, -0.05) is 0 Å². The van der Waals surface area contributed by atoms with Crippen LogP contribution in [0.1, 0.15) is 19.3 Å². The molecule has 3 fully saturated rings. The third-order valence-electron chi connectivity index (χ3n) is 4.79. The molecule has 134 valence electrons. The third-order valence-corrected chi connectivity index (χ3v) is 6.80. The molecule has 9 heteroatoms. The molecule has 1 amide bonds. The van der Waals surface area contributed by atoms with Crippen molar-refractivity contribution < 1.29 is 17.9 Å². The van der Waals surface area contributed by atoms with Crippen molar-refractivity contribution in [3.63, 3.8) is 0 Å². The molecule has 3 aliphatic heterocycles. The van der Waals surface area contributed by atoms with Crippen LogP contribution in [0.5, 0.6) is 0 Å². The van der Waals surface area contributed by atoms with Gasteiger partial charge in [0.2, 0.25) is 15.9 Å². The third kappa shape index (κ3) is 4.57. The number of halogens is 1. The number of piperazine rings is 1. The van der Waals surface area contributed by atoms with E-state index in [2.05, 4.69) is 5.32 Å². The molecule has 0 aromatic heterocycles. The first-order valence-corrected chi connectivity index (χ1v) is 9.73. The van der Waals surface area contributed by atoms with Crippen LogP contribution in [0.15, 0.2) is 0 Å². The Bertz CT molecular complexity index is 510. The Labute approximate surface area is 144 Å². The van der Waals surface area contributed by atoms with Crippen molar-refractivity contribution in [1.29, 1.82) is 0 Å². The van der Waals surface area contributed by atoms with Gasteiger partial charge in [-0.3, -0.25) is 4.79 Å². The first kappa shape index (κ1) is 18.9. The highest BCUT2D eigenvalue weighted by Gasteiger charge is 2.35. The van der Waals surface area contributed by atoms with Crippen LogP contribution in [0, 0.1) is 5.92 Å². The van der Waals surface area contributed by atoms with Crippen molar-refractivity contribution in [2.24, 2.45) is 5.92 Å². The summed E-state index contributed by atoms with van der Waals surface area (Å²) in [6, 6.07) is 0.0259. The van der Waals surface area contributed by atoms with Crippen LogP contribution < -0.4 is 5.32 Å². The van der Waals surface area contributed by atoms with Crippen molar-refractivity contribution >= 4 is 28.3 Å². The summed E-state index contributed by atoms with van der Waals surface area (Å²) in [5, 5.41) is 3.06. The number of hydrogen-bond acceptors (Lipinski definition) is 5. The largest absolute Gasteiger partial charge is 0.381 e. The van der Waals surface area contributed by atoms with Crippen molar-refractivity contribution in [2.45, 2.75) is 25.3 Å². The first-order chi connectivity index (χ1) is 10.6. The van der Waals surface area contributed by atoms with Gasteiger partial charge in [-0.25, -0.2) is 8.42 Å². The summed E-state index contributed by atoms with van der Waals surface area (Å²) in [5.41, 5.74) is 0. The van der Waals surface area contributed by atoms with Gasteiger partial charge in [0.25, 0.3) is 0 Å². The number of piperidine rings is 1. The van der Waals surface area contributed by atoms with Gasteiger partial charge >= 0.3 is 0 Å². The molecule has 3 aliphatic rings. The standard InChI is InChI=1S/C14H25N3O4S.ClH/c18-14-8-15-4-6-17(14)13-2-1-5-16(9-13)22(19,20)11-12-3-7-21-10-12;/h12-13,15H,1-11H2;1H. The summed E-state index contributed by atoms with van der Waals surface area (Å²) in [5.74, 6) is 0.376. The summed E-state index contributed by atoms with van der Waals surface area (Å²) in [6.45, 7) is 4.06. The highest BCUT2D eigenvalue weighted by Crippen LogP contribution is 2.22. The van der Waals surface area contributed by atoms with Crippen molar-refractivity contribution in [3.8, 4) is 0 Å². The zero-order valence-electron chi connectivity index (χ0n) is 13.3. The second-order valence-corrected chi connectivity index (χ2v) is 8.44. The number of hydrogen-bond donors (Lipinski definition) is 1. The number of amides is 1. The first-order valence-electron chi connectivity index (χ1n) is 8.12. The van der Waals surface area contributed by atoms with E-state index in [0.29, 0.717) is 39.4 Å². The normalized spacial score (nSPS) is 30.3. The average molecular weight is 368 g/mol. The molecule has 23 heavy (non-hydrogen) atoms. The molecule has 0 aromatic carbocycles. The van der Waals surface area contributed by atoms with E-state index in [1.54, 1.807) is 4.31 Å². The molecule has 2 unspecified atom stereocenters. The quantitative estimate of drug-likeness (QED) is 0.736. The number of nitrogens with zero attached hydrogens (tertiary/aromatic N) is 2. The van der Waals surface area contributed by atoms with Crippen LogP contribution in [0.3, 0.4) is 0 Å². The van der Waals surface area contributed by atoms with Gasteiger partial charge in [0.05, 0.1) is 18.9 Å². The fourth-order valence-electron chi connectivity index (χ4n) is 3.55. The molecule has 0 bridgehead atoms. The van der Waals surface area contributed by atoms with Crippen molar-refractivity contribution in [3.05, 3.63) is 0 Å². The lowest BCUT2D eigenvalue weighted by molar-refractivity contribution is -0.135. The number of ether oxygens (including phenoxy) is 1. The topological polar surface area (TPSA) is 79.0 Å². The molecule has 2 atom stereocenters. The smallest absolute Gasteiger partial charge is 0.236 e. The van der Waals surface area contributed by atoms with Gasteiger partial charge in [0, 0.05) is 38.8 Å². The Hall–Kier alpha value is -0.410. The summed E-state index contributed by atoms with van der Waals surface area (Å²) in [6.07, 6.45) is 2.54. The zero-order valence-corrected chi connectivity index (χ0v) is 14.9. The Balaban J connectivity index is 0.00000192. The zero-order chi connectivity index (χ0) is 15.6. The summed E-state index contributed by atoms with van der Waals surface area (Å²) < 4.78 is 32.1. The number of sulfonamides is 1. The summed E-state index contributed by atoms with van der Waals surface area (Å²) >= 11 is 0. The van der Waals surface area contributed by atoms with E-state index in [0.717, 1.165) is 25.8 Å². The fourth-order valence-corrected chi connectivity index (χ4v) is 5.43. The lowest BCUT2D eigenvalue weighted by atomic mass is 10.1. The van der Waals surface area contributed by atoms with Gasteiger partial charge < -0.3 is 15.0 Å². The molecule has 0 saturated carbocycles. The van der Waals surface area contributed by atoms with Gasteiger partial charge in [0.1, 0.15) is 0 Å². The van der Waals surface area contributed by atoms with Crippen LogP contribution in [-0.2, 0) is 19.6 Å². The molecular weight excluding hydrogens is 342 g/mol. The van der Waals surface area contributed by atoms with Gasteiger partial charge in [-0.15, -0.1) is 12.4 Å². The van der Waals surface area contributed by atoms with Crippen LogP contribution in [0.4, 0.5) is 0 Å². The SMILES string of the molecule is Cl.O=C1CNCCN1C1CCCN(S(=O)(=O)CC2CCOC2)C1. The minimum Gasteiger partial charge on any atom is -0.381 e. The average Bonchev–Trinajstić information content (AvgIpc) is 3.00. The van der Waals surface area contributed by atoms with Gasteiger partial charge in [0.15, 0.2) is 0 Å². The van der Waals surface area contributed by atoms with Crippen LogP contribution >= 0.6 is 12.4 Å². The Kier molecular flexibility index (Phi) is 6.67. The van der Waals surface area contributed by atoms with Crippen molar-refractivity contribution in [1.82, 2.24) is 14.5 Å². The van der Waals surface area contributed by atoms with E-state index in [-0.39, 0.29) is 36.0 Å². The second kappa shape index (κ2) is 8.11. The van der Waals surface area contributed by atoms with Crippen LogP contribution in [-0.4, -0.2) is 81.3 Å². The maximum absolute atomic E-state index is 12.6. The van der Waals surface area contributed by atoms with E-state index < -0.39 is 10.0 Å². The van der Waals surface area contributed by atoms with E-state index in [4.69, 9.17) is 4.74 Å². The molecule has 1 N–H and O–H groups in total. The number of carbonyl (C=O) groups excluding carboxylic acids is 1.